The smallest absolute Gasteiger partial charge is 0.311 e. The summed E-state index contributed by atoms with van der Waals surface area (Å²) >= 11 is 0. The molecule has 0 aromatic carbocycles. The van der Waals surface area contributed by atoms with E-state index in [0.717, 1.165) is 19.3 Å². The van der Waals surface area contributed by atoms with Gasteiger partial charge in [-0.15, -0.1) is 0 Å². The van der Waals surface area contributed by atoms with Crippen LogP contribution in [0.15, 0.2) is 0 Å². The zero-order valence-electron chi connectivity index (χ0n) is 11.7. The molecule has 1 unspecified atom stereocenters. The third-order valence-corrected chi connectivity index (χ3v) is 4.35. The Labute approximate surface area is 109 Å². The van der Waals surface area contributed by atoms with Gasteiger partial charge in [-0.3, -0.25) is 9.59 Å². The lowest BCUT2D eigenvalue weighted by molar-refractivity contribution is -0.156. The second kappa shape index (κ2) is 6.21. The Kier molecular flexibility index (Phi) is 5.17. The van der Waals surface area contributed by atoms with Gasteiger partial charge in [-0.2, -0.15) is 0 Å². The Hall–Kier alpha value is -1.06. The van der Waals surface area contributed by atoms with Gasteiger partial charge in [0.2, 0.25) is 5.91 Å². The molecule has 18 heavy (non-hydrogen) atoms. The zero-order chi connectivity index (χ0) is 13.8. The second-order valence-corrected chi connectivity index (χ2v) is 5.32. The molecular weight excluding hydrogens is 230 g/mol. The van der Waals surface area contributed by atoms with Crippen LogP contribution in [0.1, 0.15) is 52.9 Å². The van der Waals surface area contributed by atoms with E-state index >= 15 is 0 Å². The summed E-state index contributed by atoms with van der Waals surface area (Å²) in [5.41, 5.74) is -0.722. The predicted octanol–water partition coefficient (Wildman–Crippen LogP) is 2.53. The van der Waals surface area contributed by atoms with Gasteiger partial charge in [0, 0.05) is 19.0 Å². The average Bonchev–Trinajstić information content (AvgIpc) is 2.39. The van der Waals surface area contributed by atoms with Crippen LogP contribution in [-0.2, 0) is 9.59 Å². The number of carbonyl (C=O) groups excluding carboxylic acids is 1. The third kappa shape index (κ3) is 2.85. The Balaban J connectivity index is 2.80. The fourth-order valence-electron chi connectivity index (χ4n) is 2.83. The predicted molar refractivity (Wildman–Crippen MR) is 70.2 cm³/mol. The van der Waals surface area contributed by atoms with Crippen molar-refractivity contribution in [3.05, 3.63) is 0 Å². The number of piperidine rings is 1. The molecule has 0 aliphatic carbocycles. The van der Waals surface area contributed by atoms with E-state index in [-0.39, 0.29) is 11.8 Å². The molecule has 0 aromatic heterocycles. The first-order valence-electron chi connectivity index (χ1n) is 7.03. The zero-order valence-corrected chi connectivity index (χ0v) is 11.7. The molecule has 1 rings (SSSR count). The van der Waals surface area contributed by atoms with E-state index in [2.05, 4.69) is 0 Å². The molecule has 1 heterocycles. The summed E-state index contributed by atoms with van der Waals surface area (Å²) < 4.78 is 0. The first-order chi connectivity index (χ1) is 8.50. The summed E-state index contributed by atoms with van der Waals surface area (Å²) in [4.78, 5) is 25.5. The van der Waals surface area contributed by atoms with Crippen molar-refractivity contribution in [1.29, 1.82) is 0 Å². The fourth-order valence-corrected chi connectivity index (χ4v) is 2.83. The number of rotatable bonds is 5. The molecule has 0 aromatic rings. The summed E-state index contributed by atoms with van der Waals surface area (Å²) in [7, 11) is 0. The Morgan fingerprint density at radius 3 is 2.33 bits per heavy atom. The highest BCUT2D eigenvalue weighted by Crippen LogP contribution is 2.34. The number of nitrogens with zero attached hydrogens (tertiary/aromatic N) is 1. The lowest BCUT2D eigenvalue weighted by Gasteiger charge is -2.40. The molecular formula is C14H25NO3. The van der Waals surface area contributed by atoms with Gasteiger partial charge < -0.3 is 10.0 Å². The van der Waals surface area contributed by atoms with Gasteiger partial charge in [0.1, 0.15) is 0 Å². The maximum atomic E-state index is 12.3. The van der Waals surface area contributed by atoms with Crippen molar-refractivity contribution in [2.45, 2.75) is 52.9 Å². The normalized spacial score (nSPS) is 24.3. The minimum Gasteiger partial charge on any atom is -0.481 e. The number of aliphatic carboxylic acids is 1. The van der Waals surface area contributed by atoms with Gasteiger partial charge in [-0.05, 0) is 32.1 Å². The van der Waals surface area contributed by atoms with Crippen molar-refractivity contribution >= 4 is 11.9 Å². The summed E-state index contributed by atoms with van der Waals surface area (Å²) in [5.74, 6) is -0.572. The molecule has 1 fully saturated rings. The highest BCUT2D eigenvalue weighted by molar-refractivity contribution is 5.81. The topological polar surface area (TPSA) is 57.6 Å². The van der Waals surface area contributed by atoms with Crippen molar-refractivity contribution < 1.29 is 14.7 Å². The van der Waals surface area contributed by atoms with Crippen LogP contribution in [0.4, 0.5) is 0 Å². The number of likely N-dealkylation sites (tertiary alicyclic amines) is 1. The quantitative estimate of drug-likeness (QED) is 0.821. The van der Waals surface area contributed by atoms with Crippen LogP contribution in [0.3, 0.4) is 0 Å². The second-order valence-electron chi connectivity index (χ2n) is 5.32. The summed E-state index contributed by atoms with van der Waals surface area (Å²) in [6.07, 6.45) is 3.74. The number of carboxylic acids is 1. The molecule has 0 spiro atoms. The van der Waals surface area contributed by atoms with Crippen LogP contribution >= 0.6 is 0 Å². The van der Waals surface area contributed by atoms with Crippen LogP contribution in [0, 0.1) is 11.3 Å². The molecule has 104 valence electrons. The van der Waals surface area contributed by atoms with Crippen LogP contribution < -0.4 is 0 Å². The number of hydrogen-bond acceptors (Lipinski definition) is 2. The maximum Gasteiger partial charge on any atom is 0.311 e. The van der Waals surface area contributed by atoms with Crippen LogP contribution in [0.5, 0.6) is 0 Å². The van der Waals surface area contributed by atoms with Crippen LogP contribution in [0.25, 0.3) is 0 Å². The molecule has 0 saturated carbocycles. The van der Waals surface area contributed by atoms with Crippen molar-refractivity contribution in [2.75, 3.05) is 13.1 Å². The number of carbonyl (C=O) groups is 2. The highest BCUT2D eigenvalue weighted by Gasteiger charge is 2.42. The van der Waals surface area contributed by atoms with Crippen molar-refractivity contribution in [3.8, 4) is 0 Å². The molecule has 0 radical (unpaired) electrons. The van der Waals surface area contributed by atoms with E-state index in [1.165, 1.54) is 0 Å². The largest absolute Gasteiger partial charge is 0.481 e. The van der Waals surface area contributed by atoms with Crippen LogP contribution in [-0.4, -0.2) is 35.0 Å². The number of carboxylic acid groups (broad SMARTS) is 1. The van der Waals surface area contributed by atoms with E-state index in [0.29, 0.717) is 25.9 Å². The third-order valence-electron chi connectivity index (χ3n) is 4.35. The van der Waals surface area contributed by atoms with Crippen LogP contribution in [0.2, 0.25) is 0 Å². The molecule has 4 heteroatoms. The number of hydrogen-bond donors (Lipinski definition) is 1. The summed E-state index contributed by atoms with van der Waals surface area (Å²) in [5, 5.41) is 9.40. The van der Waals surface area contributed by atoms with E-state index in [1.807, 2.05) is 20.8 Å². The van der Waals surface area contributed by atoms with Gasteiger partial charge in [-0.25, -0.2) is 0 Å². The van der Waals surface area contributed by atoms with Gasteiger partial charge >= 0.3 is 5.97 Å². The Morgan fingerprint density at radius 2 is 1.89 bits per heavy atom. The number of amides is 1. The van der Waals surface area contributed by atoms with E-state index in [4.69, 9.17) is 0 Å². The summed E-state index contributed by atoms with van der Waals surface area (Å²) in [6, 6.07) is 0. The maximum absolute atomic E-state index is 12.3. The van der Waals surface area contributed by atoms with Gasteiger partial charge in [0.05, 0.1) is 5.41 Å². The minimum atomic E-state index is -0.757. The van der Waals surface area contributed by atoms with Gasteiger partial charge in [0.15, 0.2) is 0 Å². The molecule has 1 aliphatic rings. The highest BCUT2D eigenvalue weighted by atomic mass is 16.4. The molecule has 1 saturated heterocycles. The molecule has 1 N–H and O–H groups in total. The lowest BCUT2D eigenvalue weighted by Crippen LogP contribution is -2.51. The van der Waals surface area contributed by atoms with Crippen molar-refractivity contribution in [2.24, 2.45) is 11.3 Å². The van der Waals surface area contributed by atoms with Crippen molar-refractivity contribution in [1.82, 2.24) is 4.90 Å². The van der Waals surface area contributed by atoms with E-state index in [9.17, 15) is 14.7 Å². The summed E-state index contributed by atoms with van der Waals surface area (Å²) in [6.45, 7) is 7.03. The molecule has 1 atom stereocenters. The van der Waals surface area contributed by atoms with Gasteiger partial charge in [-0.1, -0.05) is 20.8 Å². The van der Waals surface area contributed by atoms with E-state index < -0.39 is 11.4 Å². The fraction of sp³-hybridized carbons (Fsp3) is 0.857. The molecule has 1 amide bonds. The standard InChI is InChI=1S/C14H25NO3/c1-4-11(5-2)12(16)15-9-7-8-14(6-3,10-15)13(17)18/h11H,4-10H2,1-3H3,(H,17,18). The van der Waals surface area contributed by atoms with Gasteiger partial charge in [0.25, 0.3) is 0 Å². The Morgan fingerprint density at radius 1 is 1.28 bits per heavy atom. The molecule has 1 aliphatic heterocycles. The lowest BCUT2D eigenvalue weighted by atomic mass is 9.77. The molecule has 4 nitrogen and oxygen atoms in total. The Bertz CT molecular complexity index is 312. The first kappa shape index (κ1) is 15.0. The van der Waals surface area contributed by atoms with Crippen molar-refractivity contribution in [3.63, 3.8) is 0 Å². The monoisotopic (exact) mass is 255 g/mol. The first-order valence-corrected chi connectivity index (χ1v) is 7.03. The molecule has 0 bridgehead atoms. The van der Waals surface area contributed by atoms with E-state index in [1.54, 1.807) is 4.90 Å². The minimum absolute atomic E-state index is 0.0476. The average molecular weight is 255 g/mol. The SMILES string of the molecule is CCC(CC)C(=O)N1CCCC(CC)(C(=O)O)C1.